The van der Waals surface area contributed by atoms with E-state index in [4.69, 9.17) is 4.74 Å². The Morgan fingerprint density at radius 3 is 2.58 bits per heavy atom. The molecule has 4 rings (SSSR count). The van der Waals surface area contributed by atoms with Gasteiger partial charge in [-0.2, -0.15) is 4.98 Å². The Labute approximate surface area is 207 Å². The normalized spacial score (nSPS) is 14.2. The SMILES string of the molecule is CNSc1ccccc1Nc1nc(Nc2ccc(N3CCN(C)CC3)cc2OC)ncc1Br. The maximum Gasteiger partial charge on any atom is 0.229 e. The molecule has 0 unspecified atom stereocenters. The summed E-state index contributed by atoms with van der Waals surface area (Å²) in [7, 11) is 5.73. The third-order valence-electron chi connectivity index (χ3n) is 5.40. The maximum atomic E-state index is 5.67. The van der Waals surface area contributed by atoms with E-state index < -0.39 is 0 Å². The van der Waals surface area contributed by atoms with Crippen LogP contribution in [-0.2, 0) is 0 Å². The molecule has 0 aliphatic carbocycles. The van der Waals surface area contributed by atoms with Crippen molar-refractivity contribution in [2.24, 2.45) is 0 Å². The molecule has 0 radical (unpaired) electrons. The molecule has 1 aromatic heterocycles. The predicted molar refractivity (Wildman–Crippen MR) is 140 cm³/mol. The predicted octanol–water partition coefficient (Wildman–Crippen LogP) is 4.71. The summed E-state index contributed by atoms with van der Waals surface area (Å²) >= 11 is 5.09. The molecule has 0 atom stereocenters. The summed E-state index contributed by atoms with van der Waals surface area (Å²) in [5.74, 6) is 1.90. The van der Waals surface area contributed by atoms with Gasteiger partial charge in [-0.1, -0.05) is 12.1 Å². The van der Waals surface area contributed by atoms with E-state index in [0.717, 1.165) is 58.4 Å². The van der Waals surface area contributed by atoms with Gasteiger partial charge in [-0.15, -0.1) is 0 Å². The van der Waals surface area contributed by atoms with Crippen molar-refractivity contribution in [1.29, 1.82) is 0 Å². The Morgan fingerprint density at radius 2 is 1.82 bits per heavy atom. The summed E-state index contributed by atoms with van der Waals surface area (Å²) in [6, 6.07) is 14.3. The molecule has 10 heteroatoms. The fourth-order valence-electron chi connectivity index (χ4n) is 3.58. The summed E-state index contributed by atoms with van der Waals surface area (Å²) in [5.41, 5.74) is 2.93. The van der Waals surface area contributed by atoms with Crippen molar-refractivity contribution in [1.82, 2.24) is 19.6 Å². The van der Waals surface area contributed by atoms with Gasteiger partial charge in [0.2, 0.25) is 5.95 Å². The van der Waals surface area contributed by atoms with Crippen LogP contribution < -0.4 is 25.0 Å². The first-order chi connectivity index (χ1) is 16.1. The van der Waals surface area contributed by atoms with Gasteiger partial charge < -0.3 is 25.2 Å². The van der Waals surface area contributed by atoms with Gasteiger partial charge in [0.15, 0.2) is 0 Å². The van der Waals surface area contributed by atoms with Crippen LogP contribution in [0.3, 0.4) is 0 Å². The van der Waals surface area contributed by atoms with E-state index in [-0.39, 0.29) is 0 Å². The van der Waals surface area contributed by atoms with Crippen molar-refractivity contribution < 1.29 is 4.74 Å². The minimum absolute atomic E-state index is 0.477. The molecule has 1 aliphatic heterocycles. The van der Waals surface area contributed by atoms with Gasteiger partial charge in [0.25, 0.3) is 0 Å². The van der Waals surface area contributed by atoms with Crippen LogP contribution in [0.5, 0.6) is 5.75 Å². The third kappa shape index (κ3) is 5.89. The number of methoxy groups -OCH3 is 1. The zero-order valence-corrected chi connectivity index (χ0v) is 21.3. The molecule has 1 aliphatic rings. The second-order valence-electron chi connectivity index (χ2n) is 7.62. The number of aromatic nitrogens is 2. The van der Waals surface area contributed by atoms with Crippen LogP contribution in [0.25, 0.3) is 0 Å². The van der Waals surface area contributed by atoms with Crippen LogP contribution in [0.2, 0.25) is 0 Å². The molecule has 1 fully saturated rings. The van der Waals surface area contributed by atoms with E-state index in [1.54, 1.807) is 25.3 Å². The number of halogens is 1. The van der Waals surface area contributed by atoms with Crippen molar-refractivity contribution in [2.75, 3.05) is 62.9 Å². The molecule has 1 saturated heterocycles. The van der Waals surface area contributed by atoms with Gasteiger partial charge in [-0.3, -0.25) is 4.72 Å². The lowest BCUT2D eigenvalue weighted by molar-refractivity contribution is 0.312. The van der Waals surface area contributed by atoms with Crippen molar-refractivity contribution in [3.63, 3.8) is 0 Å². The number of ether oxygens (including phenoxy) is 1. The number of piperazine rings is 1. The molecular formula is C23H28BrN7OS. The van der Waals surface area contributed by atoms with Gasteiger partial charge in [0.1, 0.15) is 11.6 Å². The number of nitrogens with one attached hydrogen (secondary N) is 3. The third-order valence-corrected chi connectivity index (χ3v) is 6.76. The lowest BCUT2D eigenvalue weighted by atomic mass is 10.2. The first-order valence-corrected chi connectivity index (χ1v) is 12.3. The van der Waals surface area contributed by atoms with E-state index in [2.05, 4.69) is 70.2 Å². The number of anilines is 5. The average molecular weight is 530 g/mol. The van der Waals surface area contributed by atoms with Crippen LogP contribution in [0.15, 0.2) is 58.0 Å². The molecule has 3 N–H and O–H groups in total. The largest absolute Gasteiger partial charge is 0.494 e. The summed E-state index contributed by atoms with van der Waals surface area (Å²) in [4.78, 5) is 14.9. The summed E-state index contributed by atoms with van der Waals surface area (Å²) < 4.78 is 9.56. The number of nitrogens with zero attached hydrogens (tertiary/aromatic N) is 4. The van der Waals surface area contributed by atoms with E-state index in [9.17, 15) is 0 Å². The smallest absolute Gasteiger partial charge is 0.229 e. The second kappa shape index (κ2) is 11.1. The number of hydrogen-bond acceptors (Lipinski definition) is 9. The van der Waals surface area contributed by atoms with Gasteiger partial charge in [0.05, 0.1) is 23.0 Å². The zero-order chi connectivity index (χ0) is 23.2. The molecule has 0 bridgehead atoms. The summed E-state index contributed by atoms with van der Waals surface area (Å²) in [6.07, 6.45) is 1.73. The molecule has 33 heavy (non-hydrogen) atoms. The Morgan fingerprint density at radius 1 is 1.03 bits per heavy atom. The Bertz CT molecular complexity index is 1090. The Hall–Kier alpha value is -2.53. The quantitative estimate of drug-likeness (QED) is 0.359. The molecule has 2 aromatic carbocycles. The fraction of sp³-hybridized carbons (Fsp3) is 0.304. The highest BCUT2D eigenvalue weighted by molar-refractivity contribution is 9.10. The molecule has 0 saturated carbocycles. The van der Waals surface area contributed by atoms with Crippen molar-refractivity contribution in [2.45, 2.75) is 4.90 Å². The minimum atomic E-state index is 0.477. The first-order valence-electron chi connectivity index (χ1n) is 10.7. The van der Waals surface area contributed by atoms with E-state index in [1.807, 2.05) is 37.4 Å². The van der Waals surface area contributed by atoms with E-state index in [1.165, 1.54) is 0 Å². The van der Waals surface area contributed by atoms with Crippen molar-refractivity contribution >= 4 is 56.7 Å². The minimum Gasteiger partial charge on any atom is -0.494 e. The monoisotopic (exact) mass is 529 g/mol. The van der Waals surface area contributed by atoms with Crippen LogP contribution >= 0.6 is 27.9 Å². The van der Waals surface area contributed by atoms with Gasteiger partial charge in [-0.25, -0.2) is 4.98 Å². The van der Waals surface area contributed by atoms with Crippen molar-refractivity contribution in [3.05, 3.63) is 53.1 Å². The lowest BCUT2D eigenvalue weighted by Gasteiger charge is -2.34. The Balaban J connectivity index is 1.53. The average Bonchev–Trinajstić information content (AvgIpc) is 2.83. The fourth-order valence-corrected chi connectivity index (χ4v) is 4.46. The van der Waals surface area contributed by atoms with Crippen molar-refractivity contribution in [3.8, 4) is 5.75 Å². The highest BCUT2D eigenvalue weighted by Gasteiger charge is 2.16. The number of para-hydroxylation sites is 1. The molecule has 2 heterocycles. The van der Waals surface area contributed by atoms with Gasteiger partial charge in [-0.05, 0) is 66.2 Å². The first kappa shape index (κ1) is 23.6. The van der Waals surface area contributed by atoms with Gasteiger partial charge in [0, 0.05) is 49.0 Å². The molecule has 0 spiro atoms. The molecule has 174 valence electrons. The highest BCUT2D eigenvalue weighted by atomic mass is 79.9. The standard InChI is InChI=1S/C23H28BrN7OS/c1-25-33-21-7-5-4-6-19(21)27-22-17(24)15-26-23(29-22)28-18-9-8-16(14-20(18)32-3)31-12-10-30(2)11-13-31/h4-9,14-15,25H,10-13H2,1-3H3,(H2,26,27,28,29). The van der Waals surface area contributed by atoms with Crippen LogP contribution in [0, 0.1) is 0 Å². The topological polar surface area (TPSA) is 77.6 Å². The lowest BCUT2D eigenvalue weighted by Crippen LogP contribution is -2.44. The molecule has 8 nitrogen and oxygen atoms in total. The zero-order valence-electron chi connectivity index (χ0n) is 18.9. The van der Waals surface area contributed by atoms with Crippen LogP contribution in [-0.4, -0.2) is 62.3 Å². The second-order valence-corrected chi connectivity index (χ2v) is 9.52. The van der Waals surface area contributed by atoms with E-state index >= 15 is 0 Å². The molecule has 3 aromatic rings. The van der Waals surface area contributed by atoms with Gasteiger partial charge >= 0.3 is 0 Å². The number of rotatable bonds is 8. The molecule has 0 amide bonds. The number of benzene rings is 2. The summed E-state index contributed by atoms with van der Waals surface area (Å²) in [5, 5.41) is 6.70. The summed E-state index contributed by atoms with van der Waals surface area (Å²) in [6.45, 7) is 4.12. The van der Waals surface area contributed by atoms with E-state index in [0.29, 0.717) is 11.8 Å². The highest BCUT2D eigenvalue weighted by Crippen LogP contribution is 2.34. The maximum absolute atomic E-state index is 5.67. The molecular weight excluding hydrogens is 502 g/mol. The Kier molecular flexibility index (Phi) is 7.92. The number of likely N-dealkylation sites (N-methyl/N-ethyl adjacent to an activating group) is 1. The number of hydrogen-bond donors (Lipinski definition) is 3. The van der Waals surface area contributed by atoms with Crippen LogP contribution in [0.4, 0.5) is 28.8 Å². The van der Waals surface area contributed by atoms with Crippen LogP contribution in [0.1, 0.15) is 0 Å².